The smallest absolute Gasteiger partial charge is 0.411 e. The third-order valence-corrected chi connectivity index (χ3v) is 2.67. The molecule has 6 heteroatoms. The van der Waals surface area contributed by atoms with E-state index in [1.165, 1.54) is 12.3 Å². The Morgan fingerprint density at radius 2 is 2.11 bits per heavy atom. The predicted molar refractivity (Wildman–Crippen MR) is 72.0 cm³/mol. The number of hydrogen-bond acceptors (Lipinski definition) is 3. The zero-order chi connectivity index (χ0) is 14.0. The van der Waals surface area contributed by atoms with Crippen LogP contribution >= 0.6 is 11.6 Å². The third kappa shape index (κ3) is 3.26. The fourth-order valence-corrected chi connectivity index (χ4v) is 1.81. The van der Waals surface area contributed by atoms with E-state index in [1.807, 2.05) is 0 Å². The number of anilines is 1. The number of rotatable bonds is 2. The Morgan fingerprint density at radius 1 is 1.37 bits per heavy atom. The summed E-state index contributed by atoms with van der Waals surface area (Å²) in [6.07, 6.45) is 2.01. The van der Waals surface area contributed by atoms with Crippen molar-refractivity contribution in [3.8, 4) is 0 Å². The molecule has 1 aliphatic heterocycles. The van der Waals surface area contributed by atoms with Gasteiger partial charge in [0.2, 0.25) is 0 Å². The second-order valence-corrected chi connectivity index (χ2v) is 4.69. The zero-order valence-electron chi connectivity index (χ0n) is 10.4. The highest BCUT2D eigenvalue weighted by molar-refractivity contribution is 6.33. The van der Waals surface area contributed by atoms with Crippen molar-refractivity contribution in [3.63, 3.8) is 0 Å². The summed E-state index contributed by atoms with van der Waals surface area (Å²) in [5, 5.41) is 7.93. The van der Waals surface area contributed by atoms with Crippen molar-refractivity contribution < 1.29 is 14.3 Å². The molecule has 0 spiro atoms. The van der Waals surface area contributed by atoms with E-state index < -0.39 is 6.09 Å². The van der Waals surface area contributed by atoms with Crippen LogP contribution in [0.2, 0.25) is 5.02 Å². The standard InChI is InChI=1S/C13H12ClN2O3/c1-7(2)19-13(18)16-11-4-8-5-12(17)15-6-9(8)3-10(11)14/h3-7H,1-2H3,(H,16,18). The van der Waals surface area contributed by atoms with E-state index >= 15 is 0 Å². The highest BCUT2D eigenvalue weighted by atomic mass is 35.5. The number of nitrogens with zero attached hydrogens (tertiary/aromatic N) is 1. The first kappa shape index (κ1) is 13.4. The lowest BCUT2D eigenvalue weighted by Gasteiger charge is -2.11. The molecule has 0 atom stereocenters. The van der Waals surface area contributed by atoms with E-state index in [0.717, 1.165) is 5.22 Å². The Hall–Kier alpha value is -2.01. The number of halogens is 1. The molecule has 0 saturated carbocycles. The molecule has 99 valence electrons. The average molecular weight is 280 g/mol. The van der Waals surface area contributed by atoms with Crippen molar-refractivity contribution in [1.82, 2.24) is 5.32 Å². The van der Waals surface area contributed by atoms with Gasteiger partial charge in [0.15, 0.2) is 0 Å². The molecule has 1 N–H and O–H groups in total. The lowest BCUT2D eigenvalue weighted by Crippen LogP contribution is -2.33. The van der Waals surface area contributed by atoms with Crippen molar-refractivity contribution in [3.05, 3.63) is 27.6 Å². The summed E-state index contributed by atoms with van der Waals surface area (Å²) < 4.78 is 4.96. The minimum atomic E-state index is -0.590. The number of carbonyl (C=O) groups excluding carboxylic acids is 2. The molecule has 0 saturated heterocycles. The van der Waals surface area contributed by atoms with Crippen LogP contribution in [0.15, 0.2) is 12.1 Å². The van der Waals surface area contributed by atoms with Gasteiger partial charge < -0.3 is 4.74 Å². The quantitative estimate of drug-likeness (QED) is 0.877. The van der Waals surface area contributed by atoms with Gasteiger partial charge in [0.05, 0.1) is 16.8 Å². The number of benzene rings is 1. The Labute approximate surface area is 114 Å². The molecule has 0 aliphatic carbocycles. The van der Waals surface area contributed by atoms with E-state index in [0.29, 0.717) is 15.9 Å². The average Bonchev–Trinajstić information content (AvgIpc) is 2.29. The van der Waals surface area contributed by atoms with Crippen LogP contribution in [0.25, 0.3) is 12.3 Å². The van der Waals surface area contributed by atoms with Crippen molar-refractivity contribution >= 4 is 41.6 Å². The molecule has 1 aliphatic rings. The molecule has 2 rings (SSSR count). The van der Waals surface area contributed by atoms with Gasteiger partial charge in [-0.1, -0.05) is 11.6 Å². The molecule has 0 bridgehead atoms. The van der Waals surface area contributed by atoms with E-state index in [2.05, 4.69) is 10.6 Å². The summed E-state index contributed by atoms with van der Waals surface area (Å²) in [7, 11) is 0. The summed E-state index contributed by atoms with van der Waals surface area (Å²) in [5.74, 6) is -0.342. The van der Waals surface area contributed by atoms with Gasteiger partial charge in [0.1, 0.15) is 0 Å². The van der Waals surface area contributed by atoms with Crippen LogP contribution in [0.3, 0.4) is 0 Å². The van der Waals surface area contributed by atoms with Gasteiger partial charge in [-0.05, 0) is 31.2 Å². The topological polar surface area (TPSA) is 69.5 Å². The molecule has 1 aromatic rings. The summed E-state index contributed by atoms with van der Waals surface area (Å²) in [5.41, 5.74) is 0.394. The van der Waals surface area contributed by atoms with Crippen molar-refractivity contribution in [2.75, 3.05) is 5.32 Å². The van der Waals surface area contributed by atoms with E-state index in [-0.39, 0.29) is 12.0 Å². The molecule has 1 heterocycles. The zero-order valence-corrected chi connectivity index (χ0v) is 11.2. The number of nitrogens with one attached hydrogen (secondary N) is 1. The monoisotopic (exact) mass is 279 g/mol. The number of carbonyl (C=O) groups is 2. The SMILES string of the molecule is CC(C)OC(=O)Nc1cc2c(cc1Cl)=C[N]C(=O)C=2. The molecule has 1 aromatic carbocycles. The number of fused-ring (bicyclic) bond motifs is 1. The Kier molecular flexibility index (Phi) is 3.76. The summed E-state index contributed by atoms with van der Waals surface area (Å²) in [6, 6.07) is 3.25. The Morgan fingerprint density at radius 3 is 2.79 bits per heavy atom. The minimum absolute atomic E-state index is 0.225. The number of amides is 2. The second kappa shape index (κ2) is 5.32. The lowest BCUT2D eigenvalue weighted by molar-refractivity contribution is -0.114. The maximum absolute atomic E-state index is 11.5. The minimum Gasteiger partial charge on any atom is -0.447 e. The lowest BCUT2D eigenvalue weighted by atomic mass is 10.2. The fraction of sp³-hybridized carbons (Fsp3) is 0.231. The Balaban J connectivity index is 2.33. The molecular formula is C13H12ClN2O3. The predicted octanol–water partition coefficient (Wildman–Crippen LogP) is 0.960. The van der Waals surface area contributed by atoms with Gasteiger partial charge >= 0.3 is 6.09 Å². The first-order valence-corrected chi connectivity index (χ1v) is 6.07. The van der Waals surface area contributed by atoms with Crippen LogP contribution in [0, 0.1) is 0 Å². The van der Waals surface area contributed by atoms with Gasteiger partial charge in [-0.25, -0.2) is 10.1 Å². The van der Waals surface area contributed by atoms with Crippen LogP contribution in [-0.4, -0.2) is 18.1 Å². The van der Waals surface area contributed by atoms with Gasteiger partial charge in [0.25, 0.3) is 5.91 Å². The van der Waals surface area contributed by atoms with Gasteiger partial charge in [-0.15, -0.1) is 0 Å². The molecule has 5 nitrogen and oxygen atoms in total. The van der Waals surface area contributed by atoms with Crippen LogP contribution in [-0.2, 0) is 9.53 Å². The van der Waals surface area contributed by atoms with Crippen molar-refractivity contribution in [2.24, 2.45) is 0 Å². The van der Waals surface area contributed by atoms with E-state index in [1.54, 1.807) is 26.0 Å². The molecule has 2 amide bonds. The summed E-state index contributed by atoms with van der Waals surface area (Å²) >= 11 is 6.05. The second-order valence-electron chi connectivity index (χ2n) is 4.28. The first-order chi connectivity index (χ1) is 8.95. The molecule has 0 fully saturated rings. The number of ether oxygens (including phenoxy) is 1. The fourth-order valence-electron chi connectivity index (χ4n) is 1.59. The summed E-state index contributed by atoms with van der Waals surface area (Å²) in [6.45, 7) is 3.49. The third-order valence-electron chi connectivity index (χ3n) is 2.36. The largest absolute Gasteiger partial charge is 0.447 e. The van der Waals surface area contributed by atoms with Gasteiger partial charge in [-0.3, -0.25) is 10.1 Å². The van der Waals surface area contributed by atoms with Crippen molar-refractivity contribution in [2.45, 2.75) is 20.0 Å². The maximum Gasteiger partial charge on any atom is 0.411 e. The molecular weight excluding hydrogens is 268 g/mol. The molecule has 0 aromatic heterocycles. The highest BCUT2D eigenvalue weighted by Gasteiger charge is 2.10. The Bertz CT molecular complexity index is 653. The summed E-state index contributed by atoms with van der Waals surface area (Å²) in [4.78, 5) is 22.7. The van der Waals surface area contributed by atoms with Gasteiger partial charge in [0, 0.05) is 17.5 Å². The highest BCUT2D eigenvalue weighted by Crippen LogP contribution is 2.17. The van der Waals surface area contributed by atoms with Crippen LogP contribution < -0.4 is 21.1 Å². The number of hydrogen-bond donors (Lipinski definition) is 1. The molecule has 1 radical (unpaired) electrons. The van der Waals surface area contributed by atoms with Gasteiger partial charge in [-0.2, -0.15) is 0 Å². The van der Waals surface area contributed by atoms with Crippen LogP contribution in [0.4, 0.5) is 10.5 Å². The van der Waals surface area contributed by atoms with Crippen LogP contribution in [0.5, 0.6) is 0 Å². The molecule has 19 heavy (non-hydrogen) atoms. The normalized spacial score (nSPS) is 12.9. The molecule has 0 unspecified atom stereocenters. The first-order valence-electron chi connectivity index (χ1n) is 5.69. The van der Waals surface area contributed by atoms with Crippen molar-refractivity contribution in [1.29, 1.82) is 0 Å². The van der Waals surface area contributed by atoms with Crippen LogP contribution in [0.1, 0.15) is 13.8 Å². The van der Waals surface area contributed by atoms with E-state index in [9.17, 15) is 9.59 Å². The maximum atomic E-state index is 11.5. The van der Waals surface area contributed by atoms with E-state index in [4.69, 9.17) is 16.3 Å².